The number of aromatic nitrogens is 3. The molecule has 0 bridgehead atoms. The average Bonchev–Trinajstić information content (AvgIpc) is 2.97. The van der Waals surface area contributed by atoms with Crippen molar-refractivity contribution in [2.75, 3.05) is 0 Å². The molecule has 124 valence electrons. The fourth-order valence-corrected chi connectivity index (χ4v) is 2.40. The maximum atomic E-state index is 11.1. The van der Waals surface area contributed by atoms with Crippen LogP contribution in [0, 0.1) is 5.92 Å². The average molecular weight is 326 g/mol. The number of rotatable bonds is 4. The number of ether oxygens (including phenoxy) is 1. The van der Waals surface area contributed by atoms with Crippen molar-refractivity contribution in [2.24, 2.45) is 11.7 Å². The van der Waals surface area contributed by atoms with Crippen LogP contribution < -0.4 is 10.5 Å². The van der Waals surface area contributed by atoms with Crippen LogP contribution in [0.1, 0.15) is 25.6 Å². The van der Waals surface area contributed by atoms with Crippen LogP contribution in [-0.2, 0) is 0 Å². The lowest BCUT2D eigenvalue weighted by atomic mass is 10.0. The summed E-state index contributed by atoms with van der Waals surface area (Å²) in [5.74, 6) is 1.21. The first-order valence-electron chi connectivity index (χ1n) is 7.55. The molecule has 1 unspecified atom stereocenters. The molecule has 3 aromatic rings. The number of carboxylic acid groups (broad SMARTS) is 1. The summed E-state index contributed by atoms with van der Waals surface area (Å²) in [6.07, 6.45) is 1.90. The van der Waals surface area contributed by atoms with Gasteiger partial charge in [0.15, 0.2) is 0 Å². The summed E-state index contributed by atoms with van der Waals surface area (Å²) in [5.41, 5.74) is 7.41. The zero-order valence-corrected chi connectivity index (χ0v) is 13.4. The molecule has 0 aliphatic heterocycles. The van der Waals surface area contributed by atoms with Crippen LogP contribution in [0.3, 0.4) is 0 Å². The highest BCUT2D eigenvalue weighted by molar-refractivity contribution is 5.89. The second-order valence-corrected chi connectivity index (χ2v) is 5.84. The molecular formula is C17H18N4O3. The summed E-state index contributed by atoms with van der Waals surface area (Å²) in [4.78, 5) is 19.4. The summed E-state index contributed by atoms with van der Waals surface area (Å²) in [6, 6.07) is 8.40. The summed E-state index contributed by atoms with van der Waals surface area (Å²) < 4.78 is 6.92. The lowest BCUT2D eigenvalue weighted by Gasteiger charge is -2.15. The second-order valence-electron chi connectivity index (χ2n) is 5.84. The van der Waals surface area contributed by atoms with E-state index in [2.05, 4.69) is 9.97 Å². The van der Waals surface area contributed by atoms with Gasteiger partial charge < -0.3 is 15.6 Å². The molecule has 1 aromatic carbocycles. The highest BCUT2D eigenvalue weighted by atomic mass is 16.5. The van der Waals surface area contributed by atoms with Gasteiger partial charge in [0.25, 0.3) is 0 Å². The Morgan fingerprint density at radius 1 is 1.25 bits per heavy atom. The molecule has 7 heteroatoms. The normalized spacial score (nSPS) is 12.5. The largest absolute Gasteiger partial charge is 0.464 e. The van der Waals surface area contributed by atoms with E-state index in [0.717, 1.165) is 9.95 Å². The van der Waals surface area contributed by atoms with Gasteiger partial charge in [-0.1, -0.05) is 13.8 Å². The zero-order valence-electron chi connectivity index (χ0n) is 13.4. The van der Waals surface area contributed by atoms with Crippen molar-refractivity contribution in [3.05, 3.63) is 48.5 Å². The van der Waals surface area contributed by atoms with Gasteiger partial charge in [-0.15, -0.1) is 0 Å². The second kappa shape index (κ2) is 6.29. The predicted molar refractivity (Wildman–Crippen MR) is 89.2 cm³/mol. The Morgan fingerprint density at radius 2 is 2.04 bits per heavy atom. The van der Waals surface area contributed by atoms with Crippen LogP contribution >= 0.6 is 0 Å². The van der Waals surface area contributed by atoms with Crippen LogP contribution in [-0.4, -0.2) is 25.7 Å². The van der Waals surface area contributed by atoms with Crippen molar-refractivity contribution in [3.8, 4) is 11.6 Å². The molecule has 1 atom stereocenters. The fourth-order valence-electron chi connectivity index (χ4n) is 2.40. The van der Waals surface area contributed by atoms with Crippen molar-refractivity contribution in [1.82, 2.24) is 14.5 Å². The van der Waals surface area contributed by atoms with Gasteiger partial charge in [0.2, 0.25) is 5.88 Å². The smallest absolute Gasteiger partial charge is 0.415 e. The molecule has 0 spiro atoms. The molecule has 24 heavy (non-hydrogen) atoms. The van der Waals surface area contributed by atoms with Crippen molar-refractivity contribution < 1.29 is 14.6 Å². The van der Waals surface area contributed by atoms with E-state index < -0.39 is 6.09 Å². The van der Waals surface area contributed by atoms with Crippen molar-refractivity contribution in [3.63, 3.8) is 0 Å². The van der Waals surface area contributed by atoms with Gasteiger partial charge in [0.05, 0.1) is 11.2 Å². The molecule has 0 aliphatic rings. The van der Waals surface area contributed by atoms with Gasteiger partial charge in [0, 0.05) is 23.7 Å². The minimum Gasteiger partial charge on any atom is -0.464 e. The fraction of sp³-hybridized carbons (Fsp3) is 0.235. The lowest BCUT2D eigenvalue weighted by Crippen LogP contribution is -2.18. The molecule has 3 N–H and O–H groups in total. The van der Waals surface area contributed by atoms with E-state index >= 15 is 0 Å². The molecule has 0 amide bonds. The Hall–Kier alpha value is -2.93. The number of benzene rings is 1. The van der Waals surface area contributed by atoms with Crippen molar-refractivity contribution >= 4 is 17.0 Å². The third-order valence-corrected chi connectivity index (χ3v) is 3.81. The quantitative estimate of drug-likeness (QED) is 0.761. The molecule has 0 saturated heterocycles. The molecular weight excluding hydrogens is 308 g/mol. The zero-order chi connectivity index (χ0) is 17.3. The van der Waals surface area contributed by atoms with Gasteiger partial charge in [-0.2, -0.15) is 0 Å². The van der Waals surface area contributed by atoms with Crippen LogP contribution in [0.5, 0.6) is 11.6 Å². The van der Waals surface area contributed by atoms with Crippen LogP contribution in [0.25, 0.3) is 10.9 Å². The van der Waals surface area contributed by atoms with E-state index in [1.54, 1.807) is 30.3 Å². The van der Waals surface area contributed by atoms with Crippen molar-refractivity contribution in [1.29, 1.82) is 0 Å². The highest BCUT2D eigenvalue weighted by Gasteiger charge is 2.14. The molecule has 3 rings (SSSR count). The van der Waals surface area contributed by atoms with Gasteiger partial charge in [-0.3, -0.25) is 4.57 Å². The van der Waals surface area contributed by atoms with Crippen LogP contribution in [0.2, 0.25) is 0 Å². The number of fused-ring (bicyclic) bond motifs is 1. The number of hydrogen-bond donors (Lipinski definition) is 2. The van der Waals surface area contributed by atoms with E-state index in [-0.39, 0.29) is 12.0 Å². The SMILES string of the molecule is CC(C)C(N)c1cc(Oc2ccc3c(ccn3C(=O)O)c2)ncn1. The first kappa shape index (κ1) is 15.9. The van der Waals surface area contributed by atoms with E-state index in [4.69, 9.17) is 15.6 Å². The van der Waals surface area contributed by atoms with Crippen LogP contribution in [0.15, 0.2) is 42.9 Å². The summed E-state index contributed by atoms with van der Waals surface area (Å²) in [5, 5.41) is 9.87. The Kier molecular flexibility index (Phi) is 4.18. The molecule has 0 aliphatic carbocycles. The van der Waals surface area contributed by atoms with E-state index in [1.165, 1.54) is 12.5 Å². The monoisotopic (exact) mass is 326 g/mol. The third-order valence-electron chi connectivity index (χ3n) is 3.81. The molecule has 2 aromatic heterocycles. The number of nitrogens with two attached hydrogens (primary N) is 1. The standard InChI is InChI=1S/C17H18N4O3/c1-10(2)16(18)13-8-15(20-9-19-13)24-12-3-4-14-11(7-12)5-6-21(14)17(22)23/h3-10,16H,18H2,1-2H3,(H,22,23). The molecule has 2 heterocycles. The Morgan fingerprint density at radius 3 is 2.75 bits per heavy atom. The highest BCUT2D eigenvalue weighted by Crippen LogP contribution is 2.27. The lowest BCUT2D eigenvalue weighted by molar-refractivity contribution is 0.197. The molecule has 0 fully saturated rings. The Labute approximate surface area is 138 Å². The molecule has 0 radical (unpaired) electrons. The van der Waals surface area contributed by atoms with Crippen LogP contribution in [0.4, 0.5) is 4.79 Å². The minimum atomic E-state index is -1.03. The Bertz CT molecular complexity index is 888. The number of nitrogens with zero attached hydrogens (tertiary/aromatic N) is 3. The predicted octanol–water partition coefficient (Wildman–Crippen LogP) is 3.41. The van der Waals surface area contributed by atoms with E-state index in [9.17, 15) is 4.79 Å². The Balaban J connectivity index is 1.87. The van der Waals surface area contributed by atoms with Gasteiger partial charge >= 0.3 is 6.09 Å². The third kappa shape index (κ3) is 3.07. The maximum Gasteiger partial charge on any atom is 0.415 e. The topological polar surface area (TPSA) is 103 Å². The summed E-state index contributed by atoms with van der Waals surface area (Å²) in [6.45, 7) is 4.04. The van der Waals surface area contributed by atoms with Crippen molar-refractivity contribution in [2.45, 2.75) is 19.9 Å². The number of hydrogen-bond acceptors (Lipinski definition) is 5. The van der Waals surface area contributed by atoms with E-state index in [0.29, 0.717) is 22.8 Å². The summed E-state index contributed by atoms with van der Waals surface area (Å²) >= 11 is 0. The number of carbonyl (C=O) groups is 1. The maximum absolute atomic E-state index is 11.1. The van der Waals surface area contributed by atoms with Gasteiger partial charge in [-0.25, -0.2) is 14.8 Å². The molecule has 7 nitrogen and oxygen atoms in total. The van der Waals surface area contributed by atoms with E-state index in [1.807, 2.05) is 13.8 Å². The first-order chi connectivity index (χ1) is 11.5. The first-order valence-corrected chi connectivity index (χ1v) is 7.55. The van der Waals surface area contributed by atoms with Gasteiger partial charge in [0.1, 0.15) is 12.1 Å². The van der Waals surface area contributed by atoms with Gasteiger partial charge in [-0.05, 0) is 30.2 Å². The minimum absolute atomic E-state index is 0.192. The molecule has 0 saturated carbocycles. The summed E-state index contributed by atoms with van der Waals surface area (Å²) in [7, 11) is 0.